The molecule has 0 spiro atoms. The molecule has 21 heavy (non-hydrogen) atoms. The highest BCUT2D eigenvalue weighted by atomic mass is 16.5. The van der Waals surface area contributed by atoms with Gasteiger partial charge in [-0.15, -0.1) is 0 Å². The van der Waals surface area contributed by atoms with Gasteiger partial charge in [0.15, 0.2) is 0 Å². The number of methoxy groups -OCH3 is 1. The van der Waals surface area contributed by atoms with Crippen LogP contribution in [-0.4, -0.2) is 54.0 Å². The minimum Gasteiger partial charge on any atom is -0.379 e. The van der Waals surface area contributed by atoms with E-state index in [1.165, 1.54) is 6.92 Å². The summed E-state index contributed by atoms with van der Waals surface area (Å²) in [5.41, 5.74) is 1.12. The molecule has 1 N–H and O–H groups in total. The van der Waals surface area contributed by atoms with Crippen molar-refractivity contribution < 1.29 is 14.3 Å². The molecule has 1 fully saturated rings. The van der Waals surface area contributed by atoms with Crippen molar-refractivity contribution in [1.29, 1.82) is 0 Å². The third-order valence-electron chi connectivity index (χ3n) is 3.79. The number of hydrogen-bond donors (Lipinski definition) is 1. The minimum atomic E-state index is -0.198. The zero-order valence-electron chi connectivity index (χ0n) is 12.4. The molecule has 1 aromatic heterocycles. The van der Waals surface area contributed by atoms with E-state index >= 15 is 0 Å². The molecule has 0 unspecified atom stereocenters. The molecule has 1 aliphatic heterocycles. The zero-order chi connectivity index (χ0) is 15.2. The molecular weight excluding hydrogens is 270 g/mol. The van der Waals surface area contributed by atoms with Gasteiger partial charge in [0.2, 0.25) is 11.8 Å². The Balaban J connectivity index is 2.05. The van der Waals surface area contributed by atoms with E-state index in [0.29, 0.717) is 6.54 Å². The number of pyridine rings is 1. The minimum absolute atomic E-state index is 0.00124. The van der Waals surface area contributed by atoms with Gasteiger partial charge in [-0.1, -0.05) is 0 Å². The van der Waals surface area contributed by atoms with E-state index in [1.54, 1.807) is 19.5 Å². The number of nitrogens with zero attached hydrogens (tertiary/aromatic N) is 2. The summed E-state index contributed by atoms with van der Waals surface area (Å²) in [4.78, 5) is 29.0. The van der Waals surface area contributed by atoms with Gasteiger partial charge >= 0.3 is 0 Å². The van der Waals surface area contributed by atoms with Gasteiger partial charge < -0.3 is 15.0 Å². The van der Waals surface area contributed by atoms with Crippen molar-refractivity contribution >= 4 is 11.8 Å². The molecule has 0 saturated carbocycles. The third-order valence-corrected chi connectivity index (χ3v) is 3.79. The smallest absolute Gasteiger partial charge is 0.242 e. The largest absolute Gasteiger partial charge is 0.379 e. The Labute approximate surface area is 124 Å². The van der Waals surface area contributed by atoms with Crippen LogP contribution < -0.4 is 5.32 Å². The molecule has 114 valence electrons. The number of aromatic nitrogens is 1. The van der Waals surface area contributed by atoms with E-state index in [-0.39, 0.29) is 30.5 Å². The zero-order valence-corrected chi connectivity index (χ0v) is 12.4. The molecule has 6 heteroatoms. The van der Waals surface area contributed by atoms with Crippen LogP contribution in [0.4, 0.5) is 0 Å². The molecule has 2 atom stereocenters. The van der Waals surface area contributed by atoms with Gasteiger partial charge in [0.05, 0.1) is 18.7 Å². The monoisotopic (exact) mass is 291 g/mol. The second kappa shape index (κ2) is 7.17. The SMILES string of the molecule is CO[C@@H]1CCN(C(=O)CNC(C)=O)[C@@H]1Cc1ccncc1. The number of carbonyl (C=O) groups excluding carboxylic acids is 2. The molecule has 6 nitrogen and oxygen atoms in total. The maximum Gasteiger partial charge on any atom is 0.242 e. The highest BCUT2D eigenvalue weighted by molar-refractivity contribution is 5.84. The number of rotatable bonds is 5. The summed E-state index contributed by atoms with van der Waals surface area (Å²) in [7, 11) is 1.67. The molecule has 2 rings (SSSR count). The number of likely N-dealkylation sites (tertiary alicyclic amines) is 1. The van der Waals surface area contributed by atoms with Crippen LogP contribution in [0, 0.1) is 0 Å². The lowest BCUT2D eigenvalue weighted by molar-refractivity contribution is -0.134. The Kier molecular flexibility index (Phi) is 5.27. The van der Waals surface area contributed by atoms with Crippen molar-refractivity contribution in [2.24, 2.45) is 0 Å². The first-order valence-corrected chi connectivity index (χ1v) is 7.07. The third kappa shape index (κ3) is 4.01. The number of carbonyl (C=O) groups is 2. The van der Waals surface area contributed by atoms with E-state index in [1.807, 2.05) is 17.0 Å². The second-order valence-corrected chi connectivity index (χ2v) is 5.19. The summed E-state index contributed by atoms with van der Waals surface area (Å²) in [6.45, 7) is 2.11. The van der Waals surface area contributed by atoms with Crippen molar-refractivity contribution in [1.82, 2.24) is 15.2 Å². The van der Waals surface area contributed by atoms with Crippen molar-refractivity contribution in [3.8, 4) is 0 Å². The van der Waals surface area contributed by atoms with Crippen molar-refractivity contribution in [3.63, 3.8) is 0 Å². The van der Waals surface area contributed by atoms with E-state index in [9.17, 15) is 9.59 Å². The van der Waals surface area contributed by atoms with Gasteiger partial charge in [0, 0.05) is 33.0 Å². The van der Waals surface area contributed by atoms with Crippen LogP contribution in [-0.2, 0) is 20.7 Å². The number of amides is 2. The van der Waals surface area contributed by atoms with Gasteiger partial charge in [0.25, 0.3) is 0 Å². The maximum absolute atomic E-state index is 12.3. The van der Waals surface area contributed by atoms with Crippen LogP contribution >= 0.6 is 0 Å². The Bertz CT molecular complexity index is 492. The first kappa shape index (κ1) is 15.4. The summed E-state index contributed by atoms with van der Waals surface area (Å²) < 4.78 is 5.51. The molecule has 0 bridgehead atoms. The highest BCUT2D eigenvalue weighted by Crippen LogP contribution is 2.23. The summed E-state index contributed by atoms with van der Waals surface area (Å²) in [6, 6.07) is 3.89. The average Bonchev–Trinajstić information content (AvgIpc) is 2.88. The van der Waals surface area contributed by atoms with Crippen LogP contribution in [0.25, 0.3) is 0 Å². The van der Waals surface area contributed by atoms with Crippen LogP contribution in [0.2, 0.25) is 0 Å². The molecule has 2 amide bonds. The van der Waals surface area contributed by atoms with Crippen molar-refractivity contribution in [2.45, 2.75) is 31.9 Å². The van der Waals surface area contributed by atoms with Gasteiger partial charge in [-0.25, -0.2) is 0 Å². The van der Waals surface area contributed by atoms with E-state index in [2.05, 4.69) is 10.3 Å². The summed E-state index contributed by atoms with van der Waals surface area (Å²) >= 11 is 0. The van der Waals surface area contributed by atoms with Gasteiger partial charge in [-0.05, 0) is 30.5 Å². The average molecular weight is 291 g/mol. The molecule has 1 aliphatic rings. The van der Waals surface area contributed by atoms with E-state index < -0.39 is 0 Å². The fraction of sp³-hybridized carbons (Fsp3) is 0.533. The fourth-order valence-electron chi connectivity index (χ4n) is 2.71. The number of nitrogens with one attached hydrogen (secondary N) is 1. The fourth-order valence-corrected chi connectivity index (χ4v) is 2.71. The normalized spacial score (nSPS) is 21.3. The lowest BCUT2D eigenvalue weighted by atomic mass is 10.0. The van der Waals surface area contributed by atoms with Gasteiger partial charge in [0.1, 0.15) is 0 Å². The Hall–Kier alpha value is -1.95. The van der Waals surface area contributed by atoms with E-state index in [0.717, 1.165) is 18.4 Å². The molecule has 1 aromatic rings. The van der Waals surface area contributed by atoms with E-state index in [4.69, 9.17) is 4.74 Å². The van der Waals surface area contributed by atoms with Gasteiger partial charge in [-0.2, -0.15) is 0 Å². The molecule has 1 saturated heterocycles. The van der Waals surface area contributed by atoms with Crippen molar-refractivity contribution in [3.05, 3.63) is 30.1 Å². The van der Waals surface area contributed by atoms with Crippen molar-refractivity contribution in [2.75, 3.05) is 20.2 Å². The lowest BCUT2D eigenvalue weighted by Gasteiger charge is -2.28. The number of hydrogen-bond acceptors (Lipinski definition) is 4. The Morgan fingerprint density at radius 1 is 1.43 bits per heavy atom. The quantitative estimate of drug-likeness (QED) is 0.851. The predicted octanol–water partition coefficient (Wildman–Crippen LogP) is 0.376. The molecule has 0 aliphatic carbocycles. The highest BCUT2D eigenvalue weighted by Gasteiger charge is 2.36. The van der Waals surface area contributed by atoms with Crippen LogP contribution in [0.5, 0.6) is 0 Å². The topological polar surface area (TPSA) is 71.5 Å². The standard InChI is InChI=1S/C15H21N3O3/c1-11(19)17-10-15(20)18-8-5-14(21-2)13(18)9-12-3-6-16-7-4-12/h3-4,6-7,13-14H,5,8-10H2,1-2H3,(H,17,19)/t13-,14-/m1/s1. The summed E-state index contributed by atoms with van der Waals surface area (Å²) in [5, 5.41) is 2.56. The second-order valence-electron chi connectivity index (χ2n) is 5.19. The Morgan fingerprint density at radius 2 is 2.14 bits per heavy atom. The van der Waals surface area contributed by atoms with Crippen LogP contribution in [0.3, 0.4) is 0 Å². The first-order valence-electron chi connectivity index (χ1n) is 7.07. The predicted molar refractivity (Wildman–Crippen MR) is 77.5 cm³/mol. The molecule has 2 heterocycles. The first-order chi connectivity index (χ1) is 10.1. The summed E-state index contributed by atoms with van der Waals surface area (Å²) in [6.07, 6.45) is 5.06. The Morgan fingerprint density at radius 3 is 2.76 bits per heavy atom. The van der Waals surface area contributed by atoms with Crippen LogP contribution in [0.1, 0.15) is 18.9 Å². The summed E-state index contributed by atoms with van der Waals surface area (Å²) in [5.74, 6) is -0.264. The van der Waals surface area contributed by atoms with Gasteiger partial charge in [-0.3, -0.25) is 14.6 Å². The maximum atomic E-state index is 12.3. The molecular formula is C15H21N3O3. The lowest BCUT2D eigenvalue weighted by Crippen LogP contribution is -2.45. The molecule has 0 aromatic carbocycles. The van der Waals surface area contributed by atoms with Crippen LogP contribution in [0.15, 0.2) is 24.5 Å². The molecule has 0 radical (unpaired) electrons. The number of ether oxygens (including phenoxy) is 1.